The number of aryl methyl sites for hydroxylation is 2. The summed E-state index contributed by atoms with van der Waals surface area (Å²) in [5, 5.41) is 3.12. The Balaban J connectivity index is 1.78. The maximum Gasteiger partial charge on any atom is 0.253 e. The fraction of sp³-hybridized carbons (Fsp3) is 0.304. The van der Waals surface area contributed by atoms with Crippen LogP contribution < -0.4 is 5.32 Å². The lowest BCUT2D eigenvalue weighted by Crippen LogP contribution is -2.34. The molecule has 28 heavy (non-hydrogen) atoms. The molecule has 0 fully saturated rings. The molecule has 5 nitrogen and oxygen atoms in total. The summed E-state index contributed by atoms with van der Waals surface area (Å²) in [6, 6.07) is 14.4. The number of rotatable bonds is 6. The Labute approximate surface area is 167 Å². The SMILES string of the molecule is Cc1ccc(C(CNC(=O)c2cc(C)n(-c3cccnc3)c2C)N(C)C)cc1. The normalized spacial score (nSPS) is 12.2. The lowest BCUT2D eigenvalue weighted by atomic mass is 10.0. The number of amides is 1. The number of aromatic nitrogens is 2. The summed E-state index contributed by atoms with van der Waals surface area (Å²) in [5.41, 5.74) is 6.01. The van der Waals surface area contributed by atoms with E-state index in [-0.39, 0.29) is 11.9 Å². The minimum absolute atomic E-state index is 0.0535. The zero-order chi connectivity index (χ0) is 20.3. The maximum absolute atomic E-state index is 12.9. The highest BCUT2D eigenvalue weighted by Gasteiger charge is 2.19. The Morgan fingerprint density at radius 1 is 1.14 bits per heavy atom. The number of nitrogens with one attached hydrogen (secondary N) is 1. The van der Waals surface area contributed by atoms with Crippen LogP contribution in [-0.4, -0.2) is 41.0 Å². The molecule has 0 spiro atoms. The van der Waals surface area contributed by atoms with Gasteiger partial charge >= 0.3 is 0 Å². The predicted molar refractivity (Wildman–Crippen MR) is 113 cm³/mol. The third-order valence-corrected chi connectivity index (χ3v) is 5.12. The second-order valence-corrected chi connectivity index (χ2v) is 7.43. The van der Waals surface area contributed by atoms with Crippen molar-refractivity contribution in [2.24, 2.45) is 0 Å². The largest absolute Gasteiger partial charge is 0.350 e. The molecule has 0 aliphatic carbocycles. The number of likely N-dealkylation sites (N-methyl/N-ethyl adjacent to an activating group) is 1. The Bertz CT molecular complexity index is 943. The first kappa shape index (κ1) is 19.8. The van der Waals surface area contributed by atoms with Crippen LogP contribution in [0.15, 0.2) is 54.9 Å². The molecular formula is C23H28N4O. The summed E-state index contributed by atoms with van der Waals surface area (Å²) in [5.74, 6) is -0.0535. The van der Waals surface area contributed by atoms with Crippen LogP contribution in [0.3, 0.4) is 0 Å². The van der Waals surface area contributed by atoms with Crippen LogP contribution in [0.1, 0.15) is 38.9 Å². The molecular weight excluding hydrogens is 348 g/mol. The zero-order valence-corrected chi connectivity index (χ0v) is 17.2. The fourth-order valence-corrected chi connectivity index (χ4v) is 3.55. The third-order valence-electron chi connectivity index (χ3n) is 5.12. The standard InChI is InChI=1S/C23H28N4O/c1-16-8-10-19(11-9-16)22(26(4)5)15-25-23(28)21-13-17(2)27(18(21)3)20-7-6-12-24-14-20/h6-14,22H,15H2,1-5H3,(H,25,28). The molecule has 1 unspecified atom stereocenters. The van der Waals surface area contributed by atoms with Gasteiger partial charge in [0.1, 0.15) is 0 Å². The summed E-state index contributed by atoms with van der Waals surface area (Å²) in [6.07, 6.45) is 3.55. The van der Waals surface area contributed by atoms with Gasteiger partial charge in [-0.15, -0.1) is 0 Å². The van der Waals surface area contributed by atoms with Crippen molar-refractivity contribution < 1.29 is 4.79 Å². The monoisotopic (exact) mass is 376 g/mol. The molecule has 0 saturated heterocycles. The van der Waals surface area contributed by atoms with Gasteiger partial charge in [-0.05, 0) is 58.6 Å². The molecule has 0 bridgehead atoms. The van der Waals surface area contributed by atoms with E-state index in [4.69, 9.17) is 0 Å². The van der Waals surface area contributed by atoms with E-state index >= 15 is 0 Å². The summed E-state index contributed by atoms with van der Waals surface area (Å²) < 4.78 is 2.06. The first-order valence-corrected chi connectivity index (χ1v) is 9.49. The van der Waals surface area contributed by atoms with Crippen LogP contribution in [0.25, 0.3) is 5.69 Å². The molecule has 2 heterocycles. The molecule has 5 heteroatoms. The molecule has 146 valence electrons. The highest BCUT2D eigenvalue weighted by Crippen LogP contribution is 2.21. The number of carbonyl (C=O) groups is 1. The smallest absolute Gasteiger partial charge is 0.253 e. The number of hydrogen-bond acceptors (Lipinski definition) is 3. The van der Waals surface area contributed by atoms with Crippen molar-refractivity contribution in [3.8, 4) is 5.69 Å². The summed E-state index contributed by atoms with van der Waals surface area (Å²) in [7, 11) is 4.07. The van der Waals surface area contributed by atoms with Gasteiger partial charge in [0.2, 0.25) is 0 Å². The van der Waals surface area contributed by atoms with Gasteiger partial charge in [-0.25, -0.2) is 0 Å². The van der Waals surface area contributed by atoms with Gasteiger partial charge in [-0.3, -0.25) is 9.78 Å². The highest BCUT2D eigenvalue weighted by atomic mass is 16.1. The van der Waals surface area contributed by atoms with Crippen LogP contribution in [0.5, 0.6) is 0 Å². The minimum atomic E-state index is -0.0535. The Morgan fingerprint density at radius 2 is 1.86 bits per heavy atom. The van der Waals surface area contributed by atoms with Crippen molar-refractivity contribution in [2.45, 2.75) is 26.8 Å². The van der Waals surface area contributed by atoms with E-state index in [1.54, 1.807) is 12.4 Å². The van der Waals surface area contributed by atoms with Crippen LogP contribution in [0.4, 0.5) is 0 Å². The van der Waals surface area contributed by atoms with Crippen LogP contribution in [0, 0.1) is 20.8 Å². The van der Waals surface area contributed by atoms with Gasteiger partial charge in [0.25, 0.3) is 5.91 Å². The van der Waals surface area contributed by atoms with Crippen LogP contribution in [-0.2, 0) is 0 Å². The summed E-state index contributed by atoms with van der Waals surface area (Å²) in [4.78, 5) is 19.2. The molecule has 1 atom stereocenters. The molecule has 0 radical (unpaired) electrons. The average molecular weight is 377 g/mol. The number of carbonyl (C=O) groups excluding carboxylic acids is 1. The highest BCUT2D eigenvalue weighted by molar-refractivity contribution is 5.96. The molecule has 1 aromatic carbocycles. The Hall–Kier alpha value is -2.92. The number of hydrogen-bond donors (Lipinski definition) is 1. The topological polar surface area (TPSA) is 50.2 Å². The van der Waals surface area contributed by atoms with E-state index in [0.717, 1.165) is 17.1 Å². The summed E-state index contributed by atoms with van der Waals surface area (Å²) in [6.45, 7) is 6.60. The first-order chi connectivity index (χ1) is 13.4. The molecule has 0 saturated carbocycles. The molecule has 0 aliphatic heterocycles. The molecule has 1 amide bonds. The lowest BCUT2D eigenvalue weighted by molar-refractivity contribution is 0.0941. The maximum atomic E-state index is 12.9. The zero-order valence-electron chi connectivity index (χ0n) is 17.2. The Kier molecular flexibility index (Phi) is 5.95. The van der Waals surface area contributed by atoms with E-state index in [2.05, 4.69) is 51.0 Å². The number of nitrogens with zero attached hydrogens (tertiary/aromatic N) is 3. The predicted octanol–water partition coefficient (Wildman–Crippen LogP) is 3.83. The first-order valence-electron chi connectivity index (χ1n) is 9.49. The van der Waals surface area contributed by atoms with Crippen LogP contribution >= 0.6 is 0 Å². The van der Waals surface area contributed by atoms with E-state index in [1.165, 1.54) is 11.1 Å². The van der Waals surface area contributed by atoms with E-state index in [9.17, 15) is 4.79 Å². The lowest BCUT2D eigenvalue weighted by Gasteiger charge is -2.25. The van der Waals surface area contributed by atoms with Crippen molar-refractivity contribution >= 4 is 5.91 Å². The number of benzene rings is 1. The van der Waals surface area contributed by atoms with E-state index in [1.807, 2.05) is 46.1 Å². The Morgan fingerprint density at radius 3 is 2.46 bits per heavy atom. The molecule has 1 N–H and O–H groups in total. The number of pyridine rings is 1. The van der Waals surface area contributed by atoms with Crippen molar-refractivity contribution in [3.63, 3.8) is 0 Å². The van der Waals surface area contributed by atoms with Crippen molar-refractivity contribution in [2.75, 3.05) is 20.6 Å². The molecule has 2 aromatic heterocycles. The van der Waals surface area contributed by atoms with Crippen LogP contribution in [0.2, 0.25) is 0 Å². The fourth-order valence-electron chi connectivity index (χ4n) is 3.55. The molecule has 3 rings (SSSR count). The van der Waals surface area contributed by atoms with Crippen molar-refractivity contribution in [3.05, 3.63) is 82.9 Å². The summed E-state index contributed by atoms with van der Waals surface area (Å²) >= 11 is 0. The van der Waals surface area contributed by atoms with Crippen molar-refractivity contribution in [1.29, 1.82) is 0 Å². The third kappa shape index (κ3) is 4.15. The van der Waals surface area contributed by atoms with Gasteiger partial charge in [0.05, 0.1) is 23.5 Å². The van der Waals surface area contributed by atoms with E-state index in [0.29, 0.717) is 12.1 Å². The second-order valence-electron chi connectivity index (χ2n) is 7.43. The molecule has 0 aliphatic rings. The van der Waals surface area contributed by atoms with Gasteiger partial charge in [0.15, 0.2) is 0 Å². The van der Waals surface area contributed by atoms with Gasteiger partial charge < -0.3 is 14.8 Å². The van der Waals surface area contributed by atoms with Crippen molar-refractivity contribution in [1.82, 2.24) is 19.8 Å². The van der Waals surface area contributed by atoms with Gasteiger partial charge in [-0.2, -0.15) is 0 Å². The quantitative estimate of drug-likeness (QED) is 0.711. The van der Waals surface area contributed by atoms with E-state index < -0.39 is 0 Å². The van der Waals surface area contributed by atoms with Gasteiger partial charge in [-0.1, -0.05) is 29.8 Å². The minimum Gasteiger partial charge on any atom is -0.350 e. The second kappa shape index (κ2) is 8.40. The van der Waals surface area contributed by atoms with Gasteiger partial charge in [0, 0.05) is 24.1 Å². The average Bonchev–Trinajstić information content (AvgIpc) is 2.98. The molecule has 3 aromatic rings.